The molecule has 2 atom stereocenters. The Morgan fingerprint density at radius 2 is 2.12 bits per heavy atom. The molecule has 0 bridgehead atoms. The molecule has 0 aromatic carbocycles. The summed E-state index contributed by atoms with van der Waals surface area (Å²) in [5.41, 5.74) is 6.22. The van der Waals surface area contributed by atoms with Crippen LogP contribution in [0.3, 0.4) is 0 Å². The summed E-state index contributed by atoms with van der Waals surface area (Å²) in [4.78, 5) is 5.40. The Kier molecular flexibility index (Phi) is 4.91. The molecule has 1 aromatic heterocycles. The molecule has 0 aliphatic carbocycles. The van der Waals surface area contributed by atoms with E-state index in [1.54, 1.807) is 0 Å². The van der Waals surface area contributed by atoms with Gasteiger partial charge in [-0.2, -0.15) is 11.8 Å². The maximum Gasteiger partial charge on any atom is 0.0591 e. The molecule has 0 amide bonds. The van der Waals surface area contributed by atoms with E-state index in [4.69, 9.17) is 5.73 Å². The topological polar surface area (TPSA) is 29.3 Å². The van der Waals surface area contributed by atoms with Crippen molar-refractivity contribution in [3.63, 3.8) is 0 Å². The van der Waals surface area contributed by atoms with Crippen LogP contribution in [-0.4, -0.2) is 35.5 Å². The van der Waals surface area contributed by atoms with E-state index in [1.165, 1.54) is 40.8 Å². The highest BCUT2D eigenvalue weighted by molar-refractivity contribution is 7.99. The maximum absolute atomic E-state index is 6.22. The zero-order valence-electron chi connectivity index (χ0n) is 10.7. The second-order valence-corrected chi connectivity index (χ2v) is 7.30. The van der Waals surface area contributed by atoms with Crippen molar-refractivity contribution < 1.29 is 0 Å². The Morgan fingerprint density at radius 3 is 2.76 bits per heavy atom. The Morgan fingerprint density at radius 1 is 1.29 bits per heavy atom. The fourth-order valence-corrected chi connectivity index (χ4v) is 4.46. The minimum absolute atomic E-state index is 0.205. The van der Waals surface area contributed by atoms with Crippen molar-refractivity contribution in [2.75, 3.05) is 24.6 Å². The van der Waals surface area contributed by atoms with Gasteiger partial charge in [-0.3, -0.25) is 4.90 Å². The number of thiophene rings is 1. The number of aryl methyl sites for hydroxylation is 1. The Hall–Kier alpha value is -0.0300. The van der Waals surface area contributed by atoms with Crippen molar-refractivity contribution in [2.45, 2.75) is 32.4 Å². The average Bonchev–Trinajstić information content (AvgIpc) is 2.53. The van der Waals surface area contributed by atoms with E-state index >= 15 is 0 Å². The average molecular weight is 270 g/mol. The Balaban J connectivity index is 2.15. The molecule has 0 spiro atoms. The van der Waals surface area contributed by atoms with Gasteiger partial charge in [0, 0.05) is 28.1 Å². The van der Waals surface area contributed by atoms with Crippen LogP contribution < -0.4 is 5.73 Å². The van der Waals surface area contributed by atoms with Gasteiger partial charge in [0.15, 0.2) is 0 Å². The molecular formula is C13H22N2S2. The molecule has 2 N–H and O–H groups in total. The molecule has 1 aliphatic heterocycles. The summed E-state index contributed by atoms with van der Waals surface area (Å²) in [5.74, 6) is 2.54. The van der Waals surface area contributed by atoms with Crippen LogP contribution in [-0.2, 0) is 0 Å². The van der Waals surface area contributed by atoms with E-state index in [9.17, 15) is 0 Å². The predicted octanol–water partition coefficient (Wildman–Crippen LogP) is 2.88. The molecule has 1 aromatic rings. The molecular weight excluding hydrogens is 248 g/mol. The van der Waals surface area contributed by atoms with E-state index in [0.717, 1.165) is 0 Å². The largest absolute Gasteiger partial charge is 0.326 e. The summed E-state index contributed by atoms with van der Waals surface area (Å²) in [7, 11) is 0. The van der Waals surface area contributed by atoms with Crippen LogP contribution in [0.4, 0.5) is 0 Å². The summed E-state index contributed by atoms with van der Waals surface area (Å²) in [6.07, 6.45) is 1.29. The van der Waals surface area contributed by atoms with Crippen LogP contribution >= 0.6 is 23.1 Å². The Bertz CT molecular complexity index is 341. The van der Waals surface area contributed by atoms with Crippen LogP contribution in [0.1, 0.15) is 29.1 Å². The highest BCUT2D eigenvalue weighted by atomic mass is 32.2. The third kappa shape index (κ3) is 3.47. The minimum atomic E-state index is 0.205. The SMILES string of the molecule is Cc1ccc(C(C(C)N)N2CCCSCC2)s1. The van der Waals surface area contributed by atoms with Gasteiger partial charge in [-0.15, -0.1) is 11.3 Å². The van der Waals surface area contributed by atoms with Crippen molar-refractivity contribution in [1.82, 2.24) is 4.90 Å². The van der Waals surface area contributed by atoms with Gasteiger partial charge in [0.1, 0.15) is 0 Å². The third-order valence-electron chi connectivity index (χ3n) is 3.20. The Labute approximate surface area is 113 Å². The van der Waals surface area contributed by atoms with Gasteiger partial charge in [-0.05, 0) is 44.7 Å². The highest BCUT2D eigenvalue weighted by Crippen LogP contribution is 2.31. The van der Waals surface area contributed by atoms with Gasteiger partial charge >= 0.3 is 0 Å². The molecule has 4 heteroatoms. The molecule has 0 radical (unpaired) electrons. The van der Waals surface area contributed by atoms with E-state index in [-0.39, 0.29) is 6.04 Å². The van der Waals surface area contributed by atoms with E-state index in [2.05, 4.69) is 42.6 Å². The first kappa shape index (κ1) is 13.4. The van der Waals surface area contributed by atoms with Gasteiger partial charge in [0.05, 0.1) is 6.04 Å². The van der Waals surface area contributed by atoms with Crippen molar-refractivity contribution >= 4 is 23.1 Å². The smallest absolute Gasteiger partial charge is 0.0591 e. The van der Waals surface area contributed by atoms with Crippen LogP contribution in [0.2, 0.25) is 0 Å². The lowest BCUT2D eigenvalue weighted by atomic mass is 10.1. The quantitative estimate of drug-likeness (QED) is 0.916. The van der Waals surface area contributed by atoms with Crippen molar-refractivity contribution in [1.29, 1.82) is 0 Å². The number of nitrogens with zero attached hydrogens (tertiary/aromatic N) is 1. The zero-order valence-corrected chi connectivity index (χ0v) is 12.3. The van der Waals surface area contributed by atoms with Crippen molar-refractivity contribution in [3.8, 4) is 0 Å². The van der Waals surface area contributed by atoms with Crippen LogP contribution in [0.15, 0.2) is 12.1 Å². The normalized spacial score (nSPS) is 22.1. The summed E-state index contributed by atoms with van der Waals surface area (Å²) in [6.45, 7) is 6.67. The van der Waals surface area contributed by atoms with Gasteiger partial charge in [-0.25, -0.2) is 0 Å². The van der Waals surface area contributed by atoms with E-state index in [0.29, 0.717) is 6.04 Å². The number of nitrogens with two attached hydrogens (primary N) is 1. The van der Waals surface area contributed by atoms with Crippen LogP contribution in [0.25, 0.3) is 0 Å². The minimum Gasteiger partial charge on any atom is -0.326 e. The monoisotopic (exact) mass is 270 g/mol. The molecule has 96 valence electrons. The predicted molar refractivity (Wildman–Crippen MR) is 79.0 cm³/mol. The summed E-state index contributed by atoms with van der Waals surface area (Å²) >= 11 is 3.97. The van der Waals surface area contributed by atoms with Gasteiger partial charge in [0.2, 0.25) is 0 Å². The number of thioether (sulfide) groups is 1. The first-order chi connectivity index (χ1) is 8.18. The third-order valence-corrected chi connectivity index (χ3v) is 5.32. The standard InChI is InChI=1S/C13H22N2S2/c1-10-4-5-12(17-10)13(11(2)14)15-6-3-8-16-9-7-15/h4-5,11,13H,3,6-9,14H2,1-2H3. The zero-order chi connectivity index (χ0) is 12.3. The summed E-state index contributed by atoms with van der Waals surface area (Å²) < 4.78 is 0. The number of hydrogen-bond donors (Lipinski definition) is 1. The fourth-order valence-electron chi connectivity index (χ4n) is 2.43. The lowest BCUT2D eigenvalue weighted by Gasteiger charge is -2.32. The first-order valence-corrected chi connectivity index (χ1v) is 8.29. The maximum atomic E-state index is 6.22. The van der Waals surface area contributed by atoms with Gasteiger partial charge < -0.3 is 5.73 Å². The van der Waals surface area contributed by atoms with Gasteiger partial charge in [0.25, 0.3) is 0 Å². The summed E-state index contributed by atoms with van der Waals surface area (Å²) in [6, 6.07) is 5.08. The second-order valence-electron chi connectivity index (χ2n) is 4.75. The lowest BCUT2D eigenvalue weighted by Crippen LogP contribution is -2.40. The molecule has 2 nitrogen and oxygen atoms in total. The molecule has 2 heterocycles. The molecule has 0 saturated carbocycles. The molecule has 1 aliphatic rings. The number of rotatable bonds is 3. The number of hydrogen-bond acceptors (Lipinski definition) is 4. The fraction of sp³-hybridized carbons (Fsp3) is 0.692. The second kappa shape index (κ2) is 6.23. The molecule has 1 fully saturated rings. The summed E-state index contributed by atoms with van der Waals surface area (Å²) in [5, 5.41) is 0. The lowest BCUT2D eigenvalue weighted by molar-refractivity contribution is 0.193. The first-order valence-electron chi connectivity index (χ1n) is 6.32. The van der Waals surface area contributed by atoms with Crippen molar-refractivity contribution in [3.05, 3.63) is 21.9 Å². The highest BCUT2D eigenvalue weighted by Gasteiger charge is 2.25. The van der Waals surface area contributed by atoms with E-state index < -0.39 is 0 Å². The van der Waals surface area contributed by atoms with Gasteiger partial charge in [-0.1, -0.05) is 0 Å². The van der Waals surface area contributed by atoms with Crippen LogP contribution in [0.5, 0.6) is 0 Å². The molecule has 1 saturated heterocycles. The molecule has 2 unspecified atom stereocenters. The van der Waals surface area contributed by atoms with Crippen molar-refractivity contribution in [2.24, 2.45) is 5.73 Å². The van der Waals surface area contributed by atoms with Crippen LogP contribution in [0, 0.1) is 6.92 Å². The van der Waals surface area contributed by atoms with E-state index in [1.807, 2.05) is 11.3 Å². The molecule has 17 heavy (non-hydrogen) atoms. The molecule has 2 rings (SSSR count).